The second-order valence-corrected chi connectivity index (χ2v) is 5.01. The predicted octanol–water partition coefficient (Wildman–Crippen LogP) is 1.75. The number of aromatic nitrogens is 2. The topological polar surface area (TPSA) is 93.3 Å². The van der Waals surface area contributed by atoms with Gasteiger partial charge in [-0.05, 0) is 25.0 Å². The molecule has 0 aliphatic heterocycles. The molecule has 2 rings (SSSR count). The second kappa shape index (κ2) is 6.95. The third kappa shape index (κ3) is 3.50. The fourth-order valence-electron chi connectivity index (χ4n) is 2.29. The number of carbonyl (C=O) groups is 2. The van der Waals surface area contributed by atoms with Crippen LogP contribution in [-0.4, -0.2) is 36.1 Å². The summed E-state index contributed by atoms with van der Waals surface area (Å²) < 4.78 is 9.71. The molecule has 0 aromatic carbocycles. The molecule has 2 aromatic heterocycles. The standard InChI is InChI=1S/C16H19N3O4/c1-9-13(16(21)23-4)10(2)19-14(9)15(20)18-8-11-5-6-12(22-3)17-7-11/h5-7,19H,8H2,1-4H3,(H,18,20). The molecule has 0 atom stereocenters. The maximum Gasteiger partial charge on any atom is 0.339 e. The van der Waals surface area contributed by atoms with Crippen LogP contribution in [0.25, 0.3) is 0 Å². The molecule has 7 nitrogen and oxygen atoms in total. The summed E-state index contributed by atoms with van der Waals surface area (Å²) in [5.74, 6) is -0.246. The van der Waals surface area contributed by atoms with E-state index in [9.17, 15) is 9.59 Å². The average molecular weight is 317 g/mol. The summed E-state index contributed by atoms with van der Waals surface area (Å²) >= 11 is 0. The van der Waals surface area contributed by atoms with E-state index >= 15 is 0 Å². The number of ether oxygens (including phenoxy) is 2. The molecule has 0 aliphatic carbocycles. The Labute approximate surface area is 134 Å². The minimum absolute atomic E-state index is 0.295. The van der Waals surface area contributed by atoms with Gasteiger partial charge in [-0.1, -0.05) is 6.07 Å². The molecule has 0 spiro atoms. The van der Waals surface area contributed by atoms with Gasteiger partial charge >= 0.3 is 5.97 Å². The maximum absolute atomic E-state index is 12.3. The van der Waals surface area contributed by atoms with Gasteiger partial charge in [0.15, 0.2) is 0 Å². The largest absolute Gasteiger partial charge is 0.481 e. The Hall–Kier alpha value is -2.83. The Kier molecular flexibility index (Phi) is 5.00. The number of methoxy groups -OCH3 is 2. The highest BCUT2D eigenvalue weighted by Crippen LogP contribution is 2.19. The molecule has 122 valence electrons. The quantitative estimate of drug-likeness (QED) is 0.820. The van der Waals surface area contributed by atoms with E-state index in [1.54, 1.807) is 33.2 Å². The van der Waals surface area contributed by atoms with Crippen molar-refractivity contribution in [3.05, 3.63) is 46.4 Å². The fourth-order valence-corrected chi connectivity index (χ4v) is 2.29. The number of pyridine rings is 1. The van der Waals surface area contributed by atoms with Crippen molar-refractivity contribution in [3.8, 4) is 5.88 Å². The smallest absolute Gasteiger partial charge is 0.339 e. The van der Waals surface area contributed by atoms with E-state index in [4.69, 9.17) is 9.47 Å². The Morgan fingerprint density at radius 1 is 1.26 bits per heavy atom. The first-order valence-electron chi connectivity index (χ1n) is 7.02. The number of nitrogens with one attached hydrogen (secondary N) is 2. The van der Waals surface area contributed by atoms with Crippen molar-refractivity contribution >= 4 is 11.9 Å². The molecule has 0 saturated heterocycles. The van der Waals surface area contributed by atoms with E-state index in [-0.39, 0.29) is 5.91 Å². The molecule has 0 saturated carbocycles. The summed E-state index contributed by atoms with van der Waals surface area (Å²) in [4.78, 5) is 31.0. The van der Waals surface area contributed by atoms with Crippen LogP contribution in [0.3, 0.4) is 0 Å². The van der Waals surface area contributed by atoms with Gasteiger partial charge < -0.3 is 19.8 Å². The first-order valence-corrected chi connectivity index (χ1v) is 7.02. The molecule has 0 bridgehead atoms. The lowest BCUT2D eigenvalue weighted by Crippen LogP contribution is -2.24. The van der Waals surface area contributed by atoms with Gasteiger partial charge in [-0.25, -0.2) is 9.78 Å². The number of aryl methyl sites for hydroxylation is 1. The summed E-state index contributed by atoms with van der Waals surface area (Å²) in [5, 5.41) is 2.79. The van der Waals surface area contributed by atoms with Crippen LogP contribution in [0.15, 0.2) is 18.3 Å². The number of nitrogens with zero attached hydrogens (tertiary/aromatic N) is 1. The molecule has 0 radical (unpaired) electrons. The van der Waals surface area contributed by atoms with Gasteiger partial charge in [0, 0.05) is 24.5 Å². The molecule has 0 unspecified atom stereocenters. The average Bonchev–Trinajstić information content (AvgIpc) is 2.87. The second-order valence-electron chi connectivity index (χ2n) is 5.01. The number of amides is 1. The minimum atomic E-state index is -0.463. The molecule has 0 fully saturated rings. The van der Waals surface area contributed by atoms with Gasteiger partial charge in [-0.15, -0.1) is 0 Å². The first kappa shape index (κ1) is 16.5. The zero-order valence-corrected chi connectivity index (χ0v) is 13.5. The lowest BCUT2D eigenvalue weighted by atomic mass is 10.1. The van der Waals surface area contributed by atoms with E-state index in [0.29, 0.717) is 34.9 Å². The monoisotopic (exact) mass is 317 g/mol. The van der Waals surface area contributed by atoms with Gasteiger partial charge in [-0.2, -0.15) is 0 Å². The lowest BCUT2D eigenvalue weighted by molar-refractivity contribution is 0.0599. The SMILES string of the molecule is COC(=O)c1c(C)[nH]c(C(=O)NCc2ccc(OC)nc2)c1C. The third-order valence-electron chi connectivity index (χ3n) is 3.51. The van der Waals surface area contributed by atoms with Crippen LogP contribution < -0.4 is 10.1 Å². The number of rotatable bonds is 5. The minimum Gasteiger partial charge on any atom is -0.481 e. The van der Waals surface area contributed by atoms with Crippen LogP contribution in [0, 0.1) is 13.8 Å². The van der Waals surface area contributed by atoms with E-state index in [1.807, 2.05) is 6.07 Å². The predicted molar refractivity (Wildman–Crippen MR) is 83.6 cm³/mol. The Morgan fingerprint density at radius 3 is 2.57 bits per heavy atom. The molecule has 1 amide bonds. The Balaban J connectivity index is 2.10. The summed E-state index contributed by atoms with van der Waals surface area (Å²) in [7, 11) is 2.85. The zero-order chi connectivity index (χ0) is 17.0. The van der Waals surface area contributed by atoms with Gasteiger partial charge in [0.2, 0.25) is 5.88 Å². The summed E-state index contributed by atoms with van der Waals surface area (Å²) in [5.41, 5.74) is 2.76. The van der Waals surface area contributed by atoms with Gasteiger partial charge in [-0.3, -0.25) is 4.79 Å². The Bertz CT molecular complexity index is 720. The molecule has 0 aliphatic rings. The van der Waals surface area contributed by atoms with Gasteiger partial charge in [0.05, 0.1) is 19.8 Å². The van der Waals surface area contributed by atoms with E-state index in [0.717, 1.165) is 5.56 Å². The van der Waals surface area contributed by atoms with Crippen LogP contribution in [0.1, 0.15) is 37.7 Å². The van der Waals surface area contributed by atoms with E-state index in [1.165, 1.54) is 7.11 Å². The fraction of sp³-hybridized carbons (Fsp3) is 0.312. The highest BCUT2D eigenvalue weighted by molar-refractivity contribution is 6.00. The van der Waals surface area contributed by atoms with Crippen LogP contribution in [-0.2, 0) is 11.3 Å². The molecular weight excluding hydrogens is 298 g/mol. The van der Waals surface area contributed by atoms with Crippen molar-refractivity contribution in [2.24, 2.45) is 0 Å². The number of esters is 1. The normalized spacial score (nSPS) is 10.3. The van der Waals surface area contributed by atoms with Crippen LogP contribution >= 0.6 is 0 Å². The van der Waals surface area contributed by atoms with Crippen molar-refractivity contribution in [1.82, 2.24) is 15.3 Å². The highest BCUT2D eigenvalue weighted by Gasteiger charge is 2.22. The summed E-state index contributed by atoms with van der Waals surface area (Å²) in [6.07, 6.45) is 1.63. The molecule has 2 aromatic rings. The van der Waals surface area contributed by atoms with Gasteiger partial charge in [0.1, 0.15) is 5.69 Å². The molecular formula is C16H19N3O4. The van der Waals surface area contributed by atoms with Crippen molar-refractivity contribution in [1.29, 1.82) is 0 Å². The summed E-state index contributed by atoms with van der Waals surface area (Å²) in [6.45, 7) is 3.75. The number of hydrogen-bond acceptors (Lipinski definition) is 5. The highest BCUT2D eigenvalue weighted by atomic mass is 16.5. The van der Waals surface area contributed by atoms with Gasteiger partial charge in [0.25, 0.3) is 5.91 Å². The number of hydrogen-bond donors (Lipinski definition) is 2. The van der Waals surface area contributed by atoms with Crippen LogP contribution in [0.5, 0.6) is 5.88 Å². The molecule has 2 heterocycles. The van der Waals surface area contributed by atoms with Crippen LogP contribution in [0.2, 0.25) is 0 Å². The molecule has 23 heavy (non-hydrogen) atoms. The van der Waals surface area contributed by atoms with Crippen molar-refractivity contribution in [3.63, 3.8) is 0 Å². The summed E-state index contributed by atoms with van der Waals surface area (Å²) in [6, 6.07) is 3.54. The Morgan fingerprint density at radius 2 is 2.00 bits per heavy atom. The number of aromatic amines is 1. The maximum atomic E-state index is 12.3. The molecule has 2 N–H and O–H groups in total. The lowest BCUT2D eigenvalue weighted by Gasteiger charge is -2.06. The van der Waals surface area contributed by atoms with Crippen molar-refractivity contribution in [2.45, 2.75) is 20.4 Å². The first-order chi connectivity index (χ1) is 11.0. The third-order valence-corrected chi connectivity index (χ3v) is 3.51. The van der Waals surface area contributed by atoms with E-state index < -0.39 is 5.97 Å². The van der Waals surface area contributed by atoms with E-state index in [2.05, 4.69) is 15.3 Å². The van der Waals surface area contributed by atoms with Crippen LogP contribution in [0.4, 0.5) is 0 Å². The van der Waals surface area contributed by atoms with Crippen molar-refractivity contribution in [2.75, 3.05) is 14.2 Å². The molecule has 7 heteroatoms. The number of H-pyrrole nitrogens is 1. The zero-order valence-electron chi connectivity index (χ0n) is 13.5. The number of carbonyl (C=O) groups excluding carboxylic acids is 2. The van der Waals surface area contributed by atoms with Crippen molar-refractivity contribution < 1.29 is 19.1 Å².